The second-order valence-corrected chi connectivity index (χ2v) is 7.58. The van der Waals surface area contributed by atoms with Crippen LogP contribution in [0.3, 0.4) is 0 Å². The Kier molecular flexibility index (Phi) is 5.27. The molecule has 1 N–H and O–H groups in total. The number of aromatic nitrogens is 1. The second kappa shape index (κ2) is 7.98. The third-order valence-electron chi connectivity index (χ3n) is 4.49. The maximum absolute atomic E-state index is 12.8. The summed E-state index contributed by atoms with van der Waals surface area (Å²) in [4.78, 5) is 21.3. The molecule has 0 saturated carbocycles. The summed E-state index contributed by atoms with van der Waals surface area (Å²) in [5.74, 6) is -0.0156. The average Bonchev–Trinajstić information content (AvgIpc) is 3.17. The standard InChI is InChI=1S/C20H19ClN4OS/c21-15-5-4-8-17(13-15)24-9-11-25(12-10-24)19(26)18-14-27-20(23-18)22-16-6-2-1-3-7-16/h1-8,13-14H,9-12H2,(H,22,23). The molecular formula is C20H19ClN4OS. The lowest BCUT2D eigenvalue weighted by Crippen LogP contribution is -2.48. The van der Waals surface area contributed by atoms with E-state index in [1.165, 1.54) is 11.3 Å². The van der Waals surface area contributed by atoms with E-state index in [9.17, 15) is 4.79 Å². The van der Waals surface area contributed by atoms with Crippen molar-refractivity contribution in [3.63, 3.8) is 0 Å². The average molecular weight is 399 g/mol. The van der Waals surface area contributed by atoms with Crippen LogP contribution in [0.4, 0.5) is 16.5 Å². The van der Waals surface area contributed by atoms with Gasteiger partial charge in [-0.2, -0.15) is 0 Å². The highest BCUT2D eigenvalue weighted by Gasteiger charge is 2.24. The minimum atomic E-state index is -0.0156. The van der Waals surface area contributed by atoms with Gasteiger partial charge in [-0.25, -0.2) is 4.98 Å². The van der Waals surface area contributed by atoms with E-state index in [4.69, 9.17) is 11.6 Å². The van der Waals surface area contributed by atoms with Crippen molar-refractivity contribution >= 4 is 45.4 Å². The fourth-order valence-electron chi connectivity index (χ4n) is 3.08. The minimum Gasteiger partial charge on any atom is -0.368 e. The Morgan fingerprint density at radius 3 is 2.56 bits per heavy atom. The maximum Gasteiger partial charge on any atom is 0.273 e. The van der Waals surface area contributed by atoms with Crippen LogP contribution in [0.5, 0.6) is 0 Å². The number of hydrogen-bond acceptors (Lipinski definition) is 5. The SMILES string of the molecule is O=C(c1csc(Nc2ccccc2)n1)N1CCN(c2cccc(Cl)c2)CC1. The second-order valence-electron chi connectivity index (χ2n) is 6.29. The van der Waals surface area contributed by atoms with Crippen molar-refractivity contribution in [1.82, 2.24) is 9.88 Å². The van der Waals surface area contributed by atoms with Gasteiger partial charge in [-0.3, -0.25) is 4.79 Å². The van der Waals surface area contributed by atoms with Crippen LogP contribution in [-0.4, -0.2) is 42.0 Å². The molecular weight excluding hydrogens is 380 g/mol. The van der Waals surface area contributed by atoms with Gasteiger partial charge in [-0.1, -0.05) is 35.9 Å². The molecule has 2 aromatic carbocycles. The van der Waals surface area contributed by atoms with Gasteiger partial charge >= 0.3 is 0 Å². The van der Waals surface area contributed by atoms with Crippen molar-refractivity contribution in [2.75, 3.05) is 36.4 Å². The van der Waals surface area contributed by atoms with Crippen molar-refractivity contribution in [2.24, 2.45) is 0 Å². The minimum absolute atomic E-state index is 0.0156. The van der Waals surface area contributed by atoms with Gasteiger partial charge < -0.3 is 15.1 Å². The van der Waals surface area contributed by atoms with Crippen molar-refractivity contribution in [3.8, 4) is 0 Å². The van der Waals surface area contributed by atoms with Crippen LogP contribution >= 0.6 is 22.9 Å². The van der Waals surface area contributed by atoms with Gasteiger partial charge in [0.25, 0.3) is 5.91 Å². The number of benzene rings is 2. The number of piperazine rings is 1. The lowest BCUT2D eigenvalue weighted by molar-refractivity contribution is 0.0742. The van der Waals surface area contributed by atoms with Crippen LogP contribution in [0, 0.1) is 0 Å². The van der Waals surface area contributed by atoms with Crippen LogP contribution in [0.1, 0.15) is 10.5 Å². The fourth-order valence-corrected chi connectivity index (χ4v) is 3.97. The number of amides is 1. The first kappa shape index (κ1) is 17.8. The summed E-state index contributed by atoms with van der Waals surface area (Å²) in [7, 11) is 0. The number of rotatable bonds is 4. The molecule has 1 amide bonds. The molecule has 27 heavy (non-hydrogen) atoms. The zero-order valence-corrected chi connectivity index (χ0v) is 16.2. The fraction of sp³-hybridized carbons (Fsp3) is 0.200. The molecule has 0 radical (unpaired) electrons. The van der Waals surface area contributed by atoms with E-state index >= 15 is 0 Å². The molecule has 0 spiro atoms. The predicted molar refractivity (Wildman–Crippen MR) is 111 cm³/mol. The number of thiazole rings is 1. The lowest BCUT2D eigenvalue weighted by Gasteiger charge is -2.35. The molecule has 5 nitrogen and oxygen atoms in total. The number of anilines is 3. The molecule has 4 rings (SSSR count). The Balaban J connectivity index is 1.37. The quantitative estimate of drug-likeness (QED) is 0.702. The first-order valence-electron chi connectivity index (χ1n) is 8.76. The molecule has 1 aromatic heterocycles. The maximum atomic E-state index is 12.8. The zero-order chi connectivity index (χ0) is 18.6. The van der Waals surface area contributed by atoms with Gasteiger partial charge in [0, 0.05) is 48.0 Å². The zero-order valence-electron chi connectivity index (χ0n) is 14.6. The van der Waals surface area contributed by atoms with Gasteiger partial charge in [-0.05, 0) is 30.3 Å². The number of para-hydroxylation sites is 1. The molecule has 1 aliphatic heterocycles. The normalized spacial score (nSPS) is 14.3. The molecule has 2 heterocycles. The lowest BCUT2D eigenvalue weighted by atomic mass is 10.2. The Labute approximate surface area is 167 Å². The van der Waals surface area contributed by atoms with E-state index in [1.807, 2.05) is 64.9 Å². The molecule has 0 atom stereocenters. The van der Waals surface area contributed by atoms with Crippen molar-refractivity contribution in [1.29, 1.82) is 0 Å². The van der Waals surface area contributed by atoms with Gasteiger partial charge in [0.05, 0.1) is 0 Å². The molecule has 0 bridgehead atoms. The van der Waals surface area contributed by atoms with Crippen LogP contribution in [-0.2, 0) is 0 Å². The monoisotopic (exact) mass is 398 g/mol. The molecule has 1 saturated heterocycles. The van der Waals surface area contributed by atoms with E-state index in [-0.39, 0.29) is 5.91 Å². The van der Waals surface area contributed by atoms with Crippen molar-refractivity contribution < 1.29 is 4.79 Å². The van der Waals surface area contributed by atoms with Gasteiger partial charge in [0.1, 0.15) is 5.69 Å². The highest BCUT2D eigenvalue weighted by molar-refractivity contribution is 7.14. The number of nitrogens with zero attached hydrogens (tertiary/aromatic N) is 3. The molecule has 3 aromatic rings. The van der Waals surface area contributed by atoms with E-state index in [1.54, 1.807) is 0 Å². The summed E-state index contributed by atoms with van der Waals surface area (Å²) >= 11 is 7.52. The van der Waals surface area contributed by atoms with Crippen LogP contribution < -0.4 is 10.2 Å². The summed E-state index contributed by atoms with van der Waals surface area (Å²) in [6.07, 6.45) is 0. The predicted octanol–water partition coefficient (Wildman–Crippen LogP) is 4.50. The largest absolute Gasteiger partial charge is 0.368 e. The number of carbonyl (C=O) groups excluding carboxylic acids is 1. The first-order chi connectivity index (χ1) is 13.2. The smallest absolute Gasteiger partial charge is 0.273 e. The molecule has 1 aliphatic rings. The van der Waals surface area contributed by atoms with Crippen molar-refractivity contribution in [2.45, 2.75) is 0 Å². The summed E-state index contributed by atoms with van der Waals surface area (Å²) in [5, 5.41) is 6.50. The van der Waals surface area contributed by atoms with Gasteiger partial charge in [-0.15, -0.1) is 11.3 Å². The number of hydrogen-bond donors (Lipinski definition) is 1. The Hall–Kier alpha value is -2.57. The highest BCUT2D eigenvalue weighted by Crippen LogP contribution is 2.23. The van der Waals surface area contributed by atoms with Crippen LogP contribution in [0.15, 0.2) is 60.0 Å². The molecule has 138 valence electrons. The first-order valence-corrected chi connectivity index (χ1v) is 10.0. The number of carbonyl (C=O) groups is 1. The Bertz CT molecular complexity index is 922. The van der Waals surface area contributed by atoms with Gasteiger partial charge in [0.15, 0.2) is 5.13 Å². The van der Waals surface area contributed by atoms with Gasteiger partial charge in [0.2, 0.25) is 0 Å². The summed E-state index contributed by atoms with van der Waals surface area (Å²) in [5.41, 5.74) is 2.55. The molecule has 7 heteroatoms. The molecule has 1 fully saturated rings. The van der Waals surface area contributed by atoms with E-state index in [0.29, 0.717) is 18.8 Å². The Morgan fingerprint density at radius 2 is 1.81 bits per heavy atom. The number of nitrogens with one attached hydrogen (secondary N) is 1. The molecule has 0 unspecified atom stereocenters. The van der Waals surface area contributed by atoms with E-state index in [0.717, 1.165) is 34.6 Å². The van der Waals surface area contributed by atoms with Crippen LogP contribution in [0.25, 0.3) is 0 Å². The molecule has 0 aliphatic carbocycles. The van der Waals surface area contributed by atoms with Crippen LogP contribution in [0.2, 0.25) is 5.02 Å². The third kappa shape index (κ3) is 4.23. The third-order valence-corrected chi connectivity index (χ3v) is 5.48. The number of halogens is 1. The van der Waals surface area contributed by atoms with Crippen molar-refractivity contribution in [3.05, 3.63) is 70.7 Å². The summed E-state index contributed by atoms with van der Waals surface area (Å²) in [6, 6.07) is 17.6. The summed E-state index contributed by atoms with van der Waals surface area (Å²) in [6.45, 7) is 2.91. The highest BCUT2D eigenvalue weighted by atomic mass is 35.5. The van der Waals surface area contributed by atoms with E-state index < -0.39 is 0 Å². The topological polar surface area (TPSA) is 48.5 Å². The summed E-state index contributed by atoms with van der Waals surface area (Å²) < 4.78 is 0. The Morgan fingerprint density at radius 1 is 1.04 bits per heavy atom. The van der Waals surface area contributed by atoms with E-state index in [2.05, 4.69) is 15.2 Å².